The molecule has 0 aliphatic carbocycles. The van der Waals surface area contributed by atoms with Gasteiger partial charge in [0, 0.05) is 5.69 Å². The Bertz CT molecular complexity index is 729. The number of nitrogens with one attached hydrogen (secondary N) is 1. The topological polar surface area (TPSA) is 52.1 Å². The Labute approximate surface area is 155 Å². The zero-order valence-electron chi connectivity index (χ0n) is 15.8. The second kappa shape index (κ2) is 10.1. The first kappa shape index (κ1) is 19.4. The van der Waals surface area contributed by atoms with E-state index in [0.29, 0.717) is 13.3 Å². The van der Waals surface area contributed by atoms with E-state index in [-0.39, 0.29) is 0 Å². The molecule has 0 fully saturated rings. The largest absolute Gasteiger partial charge is 0.490 e. The van der Waals surface area contributed by atoms with Crippen LogP contribution in [0.5, 0.6) is 11.5 Å². The van der Waals surface area contributed by atoms with Gasteiger partial charge in [-0.1, -0.05) is 29.4 Å². The summed E-state index contributed by atoms with van der Waals surface area (Å²) in [6, 6.07) is 11.8. The summed E-state index contributed by atoms with van der Waals surface area (Å²) < 4.78 is 11.6. The van der Waals surface area contributed by atoms with Gasteiger partial charge in [0.05, 0.1) is 6.21 Å². The highest BCUT2D eigenvalue weighted by molar-refractivity contribution is 5.79. The number of ether oxygens (including phenoxy) is 2. The molecule has 0 aromatic heterocycles. The third-order valence-electron chi connectivity index (χ3n) is 3.73. The molecule has 1 N–H and O–H groups in total. The van der Waals surface area contributed by atoms with Crippen molar-refractivity contribution in [3.63, 3.8) is 0 Å². The number of aryl methyl sites for hydroxylation is 2. The predicted octanol–water partition coefficient (Wildman–Crippen LogP) is 4.69. The summed E-state index contributed by atoms with van der Waals surface area (Å²) in [6.45, 7) is 6.97. The lowest BCUT2D eigenvalue weighted by Gasteiger charge is -2.15. The maximum absolute atomic E-state index is 5.92. The highest BCUT2D eigenvalue weighted by Gasteiger charge is 2.07. The maximum atomic E-state index is 5.92. The predicted molar refractivity (Wildman–Crippen MR) is 106 cm³/mol. The molecule has 2 aromatic carbocycles. The average Bonchev–Trinajstić information content (AvgIpc) is 2.63. The fourth-order valence-electron chi connectivity index (χ4n) is 2.45. The second-order valence-corrected chi connectivity index (χ2v) is 5.77. The SMILES string of the molecule is C/C=C/COc1cc(C)c(OCNc2ccc(C=NOC)cc2)c(C)c1. The van der Waals surface area contributed by atoms with Crippen molar-refractivity contribution in [1.82, 2.24) is 0 Å². The molecule has 0 saturated heterocycles. The molecule has 0 atom stereocenters. The van der Waals surface area contributed by atoms with E-state index in [1.165, 1.54) is 7.11 Å². The molecule has 0 aliphatic rings. The molecule has 26 heavy (non-hydrogen) atoms. The minimum absolute atomic E-state index is 0.381. The van der Waals surface area contributed by atoms with E-state index in [0.717, 1.165) is 33.9 Å². The maximum Gasteiger partial charge on any atom is 0.159 e. The minimum atomic E-state index is 0.381. The lowest BCUT2D eigenvalue weighted by atomic mass is 10.1. The Kier molecular flexibility index (Phi) is 7.55. The number of anilines is 1. The molecule has 138 valence electrons. The molecule has 0 unspecified atom stereocenters. The minimum Gasteiger partial charge on any atom is -0.490 e. The van der Waals surface area contributed by atoms with E-state index >= 15 is 0 Å². The molecular formula is C21H26N2O3. The van der Waals surface area contributed by atoms with Gasteiger partial charge < -0.3 is 19.6 Å². The Morgan fingerprint density at radius 2 is 1.73 bits per heavy atom. The van der Waals surface area contributed by atoms with Crippen molar-refractivity contribution >= 4 is 11.9 Å². The lowest BCUT2D eigenvalue weighted by molar-refractivity contribution is 0.215. The lowest BCUT2D eigenvalue weighted by Crippen LogP contribution is -2.10. The Morgan fingerprint density at radius 3 is 2.35 bits per heavy atom. The van der Waals surface area contributed by atoms with Gasteiger partial charge >= 0.3 is 0 Å². The first-order valence-corrected chi connectivity index (χ1v) is 8.52. The van der Waals surface area contributed by atoms with Crippen LogP contribution in [-0.4, -0.2) is 26.7 Å². The molecule has 0 heterocycles. The molecular weight excluding hydrogens is 328 g/mol. The van der Waals surface area contributed by atoms with Gasteiger partial charge in [-0.25, -0.2) is 0 Å². The van der Waals surface area contributed by atoms with Gasteiger partial charge in [0.25, 0.3) is 0 Å². The molecule has 0 saturated carbocycles. The van der Waals surface area contributed by atoms with Gasteiger partial charge in [-0.05, 0) is 61.7 Å². The number of hydrogen-bond donors (Lipinski definition) is 1. The molecule has 2 rings (SSSR count). The van der Waals surface area contributed by atoms with Crippen LogP contribution in [0.3, 0.4) is 0 Å². The van der Waals surface area contributed by atoms with Gasteiger partial charge in [-0.15, -0.1) is 0 Å². The summed E-state index contributed by atoms with van der Waals surface area (Å²) in [5, 5.41) is 6.99. The van der Waals surface area contributed by atoms with Crippen LogP contribution < -0.4 is 14.8 Å². The van der Waals surface area contributed by atoms with E-state index < -0.39 is 0 Å². The summed E-state index contributed by atoms with van der Waals surface area (Å²) in [5.74, 6) is 1.73. The quantitative estimate of drug-likeness (QED) is 0.307. The van der Waals surface area contributed by atoms with Gasteiger partial charge in [0.1, 0.15) is 25.2 Å². The van der Waals surface area contributed by atoms with Crippen molar-refractivity contribution in [2.24, 2.45) is 5.16 Å². The molecule has 2 aromatic rings. The number of benzene rings is 2. The summed E-state index contributed by atoms with van der Waals surface area (Å²) >= 11 is 0. The van der Waals surface area contributed by atoms with Gasteiger partial charge in [0.2, 0.25) is 0 Å². The summed E-state index contributed by atoms with van der Waals surface area (Å²) in [4.78, 5) is 4.67. The summed E-state index contributed by atoms with van der Waals surface area (Å²) in [6.07, 6.45) is 5.61. The fraction of sp³-hybridized carbons (Fsp3) is 0.286. The van der Waals surface area contributed by atoms with Crippen molar-refractivity contribution < 1.29 is 14.3 Å². The van der Waals surface area contributed by atoms with Crippen LogP contribution in [0.25, 0.3) is 0 Å². The van der Waals surface area contributed by atoms with Crippen molar-refractivity contribution in [1.29, 1.82) is 0 Å². The van der Waals surface area contributed by atoms with Crippen LogP contribution in [0.2, 0.25) is 0 Å². The van der Waals surface area contributed by atoms with Crippen LogP contribution in [0.15, 0.2) is 53.7 Å². The van der Waals surface area contributed by atoms with E-state index in [1.807, 2.05) is 69.3 Å². The molecule has 0 amide bonds. The van der Waals surface area contributed by atoms with E-state index in [4.69, 9.17) is 9.47 Å². The van der Waals surface area contributed by atoms with Crippen LogP contribution in [0.1, 0.15) is 23.6 Å². The zero-order chi connectivity index (χ0) is 18.8. The second-order valence-electron chi connectivity index (χ2n) is 5.77. The van der Waals surface area contributed by atoms with E-state index in [1.54, 1.807) is 6.21 Å². The summed E-state index contributed by atoms with van der Waals surface area (Å²) in [5.41, 5.74) is 4.04. The molecule has 0 spiro atoms. The normalized spacial score (nSPS) is 11.1. The van der Waals surface area contributed by atoms with E-state index in [2.05, 4.69) is 15.3 Å². The number of rotatable bonds is 9. The smallest absolute Gasteiger partial charge is 0.159 e. The summed E-state index contributed by atoms with van der Waals surface area (Å²) in [7, 11) is 1.52. The first-order valence-electron chi connectivity index (χ1n) is 8.52. The van der Waals surface area contributed by atoms with Crippen molar-refractivity contribution in [3.8, 4) is 11.5 Å². The van der Waals surface area contributed by atoms with E-state index in [9.17, 15) is 0 Å². The fourth-order valence-corrected chi connectivity index (χ4v) is 2.45. The van der Waals surface area contributed by atoms with Gasteiger partial charge in [0.15, 0.2) is 6.73 Å². The third kappa shape index (κ3) is 5.84. The highest BCUT2D eigenvalue weighted by Crippen LogP contribution is 2.28. The Morgan fingerprint density at radius 1 is 1.04 bits per heavy atom. The van der Waals surface area contributed by atoms with Crippen LogP contribution >= 0.6 is 0 Å². The molecule has 0 radical (unpaired) electrons. The Hall–Kier alpha value is -2.95. The van der Waals surface area contributed by atoms with Crippen molar-refractivity contribution in [3.05, 3.63) is 65.2 Å². The zero-order valence-corrected chi connectivity index (χ0v) is 15.8. The molecule has 5 nitrogen and oxygen atoms in total. The number of nitrogens with zero attached hydrogens (tertiary/aromatic N) is 1. The highest BCUT2D eigenvalue weighted by atomic mass is 16.6. The molecule has 0 aliphatic heterocycles. The van der Waals surface area contributed by atoms with Crippen LogP contribution in [0.4, 0.5) is 5.69 Å². The van der Waals surface area contributed by atoms with Crippen LogP contribution in [-0.2, 0) is 4.84 Å². The molecule has 5 heteroatoms. The van der Waals surface area contributed by atoms with Crippen molar-refractivity contribution in [2.75, 3.05) is 25.8 Å². The monoisotopic (exact) mass is 354 g/mol. The first-order chi connectivity index (χ1) is 12.6. The molecule has 0 bridgehead atoms. The number of allylic oxidation sites excluding steroid dienone is 1. The van der Waals surface area contributed by atoms with Crippen LogP contribution in [0, 0.1) is 13.8 Å². The van der Waals surface area contributed by atoms with Crippen molar-refractivity contribution in [2.45, 2.75) is 20.8 Å². The number of oxime groups is 1. The third-order valence-corrected chi connectivity index (χ3v) is 3.73. The number of hydrogen-bond acceptors (Lipinski definition) is 5. The standard InChI is InChI=1S/C21H26N2O3/c1-5-6-11-25-20-12-16(2)21(17(3)13-20)26-15-22-19-9-7-18(8-10-19)14-23-24-4/h5-10,12-14,22H,11,15H2,1-4H3/b6-5+,23-14?. The Balaban J connectivity index is 1.91. The van der Waals surface area contributed by atoms with Gasteiger partial charge in [-0.3, -0.25) is 0 Å². The average molecular weight is 354 g/mol. The van der Waals surface area contributed by atoms with Gasteiger partial charge in [-0.2, -0.15) is 0 Å².